The number of piperidine rings is 1. The van der Waals surface area contributed by atoms with Crippen molar-refractivity contribution < 1.29 is 9.59 Å². The fourth-order valence-electron chi connectivity index (χ4n) is 5.10. The standard InChI is InChI=1S/C20H20ClN3O2.ClH/c1-23-10-5-6-11(23)8-12(7-10)24-19(25)14-4-2-3-13-17(14)15(20(24)26)9-16(21)18(13)22;/h2-4,9-12H,5-8,22H2,1H3;1H. The zero-order chi connectivity index (χ0) is 18.2. The number of amides is 2. The van der Waals surface area contributed by atoms with E-state index in [1.54, 1.807) is 18.2 Å². The van der Waals surface area contributed by atoms with Crippen LogP contribution in [-0.4, -0.2) is 46.8 Å². The maximum absolute atomic E-state index is 13.3. The number of imide groups is 1. The van der Waals surface area contributed by atoms with Gasteiger partial charge in [-0.15, -0.1) is 12.4 Å². The van der Waals surface area contributed by atoms with Crippen molar-refractivity contribution in [3.8, 4) is 0 Å². The average molecular weight is 406 g/mol. The molecule has 5 rings (SSSR count). The predicted molar refractivity (Wildman–Crippen MR) is 109 cm³/mol. The molecule has 2 unspecified atom stereocenters. The van der Waals surface area contributed by atoms with Crippen molar-refractivity contribution in [3.05, 3.63) is 40.4 Å². The number of nitrogens with two attached hydrogens (primary N) is 1. The fraction of sp³-hybridized carbons (Fsp3) is 0.400. The van der Waals surface area contributed by atoms with Crippen LogP contribution in [0.25, 0.3) is 10.8 Å². The average Bonchev–Trinajstić information content (AvgIpc) is 2.83. The van der Waals surface area contributed by atoms with Crippen molar-refractivity contribution in [2.45, 2.75) is 43.8 Å². The Morgan fingerprint density at radius 2 is 1.67 bits per heavy atom. The minimum absolute atomic E-state index is 0. The summed E-state index contributed by atoms with van der Waals surface area (Å²) in [7, 11) is 2.15. The van der Waals surface area contributed by atoms with Crippen LogP contribution in [0.5, 0.6) is 0 Å². The highest BCUT2D eigenvalue weighted by Gasteiger charge is 2.45. The molecule has 2 N–H and O–H groups in total. The van der Waals surface area contributed by atoms with Gasteiger partial charge in [-0.05, 0) is 44.9 Å². The van der Waals surface area contributed by atoms with E-state index < -0.39 is 0 Å². The summed E-state index contributed by atoms with van der Waals surface area (Å²) in [5, 5.41) is 1.67. The van der Waals surface area contributed by atoms with Crippen LogP contribution in [0.3, 0.4) is 0 Å². The zero-order valence-electron chi connectivity index (χ0n) is 14.9. The number of halogens is 2. The summed E-state index contributed by atoms with van der Waals surface area (Å²) in [6, 6.07) is 7.87. The van der Waals surface area contributed by atoms with E-state index in [9.17, 15) is 9.59 Å². The number of nitrogen functional groups attached to an aromatic ring is 1. The van der Waals surface area contributed by atoms with E-state index in [1.807, 2.05) is 6.07 Å². The highest BCUT2D eigenvalue weighted by Crippen LogP contribution is 2.41. The second kappa shape index (κ2) is 6.36. The molecule has 142 valence electrons. The first-order valence-electron chi connectivity index (χ1n) is 9.08. The molecule has 2 amide bonds. The second-order valence-corrected chi connectivity index (χ2v) is 8.11. The Labute approximate surface area is 168 Å². The van der Waals surface area contributed by atoms with E-state index in [1.165, 1.54) is 4.90 Å². The van der Waals surface area contributed by atoms with E-state index in [4.69, 9.17) is 17.3 Å². The van der Waals surface area contributed by atoms with Gasteiger partial charge in [-0.2, -0.15) is 0 Å². The highest BCUT2D eigenvalue weighted by molar-refractivity contribution is 6.37. The van der Waals surface area contributed by atoms with Crippen LogP contribution in [0.4, 0.5) is 5.69 Å². The summed E-state index contributed by atoms with van der Waals surface area (Å²) in [4.78, 5) is 30.4. The number of anilines is 1. The maximum Gasteiger partial charge on any atom is 0.261 e. The van der Waals surface area contributed by atoms with Crippen LogP contribution >= 0.6 is 24.0 Å². The molecule has 2 atom stereocenters. The van der Waals surface area contributed by atoms with Crippen LogP contribution in [0.1, 0.15) is 46.4 Å². The van der Waals surface area contributed by atoms with Crippen LogP contribution in [-0.2, 0) is 0 Å². The number of rotatable bonds is 1. The molecule has 0 radical (unpaired) electrons. The largest absolute Gasteiger partial charge is 0.397 e. The number of nitrogens with zero attached hydrogens (tertiary/aromatic N) is 2. The Hall–Kier alpha value is -1.82. The number of carbonyl (C=O) groups is 2. The number of hydrogen-bond donors (Lipinski definition) is 1. The van der Waals surface area contributed by atoms with Crippen molar-refractivity contribution in [2.75, 3.05) is 12.8 Å². The molecule has 0 saturated carbocycles. The van der Waals surface area contributed by atoms with Crippen molar-refractivity contribution in [3.63, 3.8) is 0 Å². The van der Waals surface area contributed by atoms with E-state index >= 15 is 0 Å². The minimum Gasteiger partial charge on any atom is -0.397 e. The van der Waals surface area contributed by atoms with E-state index in [0.717, 1.165) is 25.7 Å². The first-order chi connectivity index (χ1) is 12.5. The molecule has 3 aliphatic heterocycles. The van der Waals surface area contributed by atoms with Crippen LogP contribution in [0, 0.1) is 0 Å². The smallest absolute Gasteiger partial charge is 0.261 e. The molecule has 0 aromatic heterocycles. The van der Waals surface area contributed by atoms with Gasteiger partial charge in [0.2, 0.25) is 0 Å². The van der Waals surface area contributed by atoms with Crippen molar-refractivity contribution in [1.82, 2.24) is 9.80 Å². The third-order valence-corrected chi connectivity index (χ3v) is 6.80. The molecule has 3 aliphatic rings. The molecule has 0 spiro atoms. The Morgan fingerprint density at radius 3 is 2.33 bits per heavy atom. The molecule has 27 heavy (non-hydrogen) atoms. The van der Waals surface area contributed by atoms with Gasteiger partial charge in [-0.1, -0.05) is 23.7 Å². The Morgan fingerprint density at radius 1 is 1.04 bits per heavy atom. The monoisotopic (exact) mass is 405 g/mol. The number of hydrogen-bond acceptors (Lipinski definition) is 4. The van der Waals surface area contributed by atoms with Crippen molar-refractivity contribution in [2.24, 2.45) is 0 Å². The van der Waals surface area contributed by atoms with Gasteiger partial charge in [-0.25, -0.2) is 0 Å². The van der Waals surface area contributed by atoms with E-state index in [-0.39, 0.29) is 30.3 Å². The van der Waals surface area contributed by atoms with Gasteiger partial charge in [-0.3, -0.25) is 14.5 Å². The summed E-state index contributed by atoms with van der Waals surface area (Å²) < 4.78 is 0. The summed E-state index contributed by atoms with van der Waals surface area (Å²) in [5.74, 6) is -0.446. The summed E-state index contributed by atoms with van der Waals surface area (Å²) >= 11 is 6.27. The van der Waals surface area contributed by atoms with Crippen molar-refractivity contribution in [1.29, 1.82) is 0 Å². The molecular weight excluding hydrogens is 385 g/mol. The lowest BCUT2D eigenvalue weighted by Gasteiger charge is -2.42. The lowest BCUT2D eigenvalue weighted by Crippen LogP contribution is -2.54. The van der Waals surface area contributed by atoms with Crippen LogP contribution in [0.15, 0.2) is 24.3 Å². The Balaban J connectivity index is 0.00000180. The third kappa shape index (κ3) is 2.49. The molecule has 2 fully saturated rings. The molecule has 0 aliphatic carbocycles. The third-order valence-electron chi connectivity index (χ3n) is 6.49. The quantitative estimate of drug-likeness (QED) is 0.579. The Bertz CT molecular complexity index is 963. The zero-order valence-corrected chi connectivity index (χ0v) is 16.5. The minimum atomic E-state index is -0.241. The predicted octanol–water partition coefficient (Wildman–Crippen LogP) is 3.72. The molecule has 3 heterocycles. The van der Waals surface area contributed by atoms with Crippen LogP contribution < -0.4 is 5.73 Å². The van der Waals surface area contributed by atoms with E-state index in [2.05, 4.69) is 11.9 Å². The topological polar surface area (TPSA) is 66.6 Å². The van der Waals surface area contributed by atoms with Gasteiger partial charge in [0, 0.05) is 34.5 Å². The van der Waals surface area contributed by atoms with E-state index in [0.29, 0.717) is 44.7 Å². The SMILES string of the molecule is CN1C2CCC1CC(N1C(=O)c3cccc4c(N)c(Cl)cc(c34)C1=O)C2.Cl. The fourth-order valence-corrected chi connectivity index (χ4v) is 5.31. The molecular formula is C20H21Cl2N3O2. The molecule has 7 heteroatoms. The molecule has 2 bridgehead atoms. The number of fused-ring (bicyclic) bond motifs is 2. The molecule has 2 aromatic carbocycles. The summed E-state index contributed by atoms with van der Waals surface area (Å²) in [6.45, 7) is 0. The Kier molecular flexibility index (Phi) is 4.37. The van der Waals surface area contributed by atoms with Crippen molar-refractivity contribution >= 4 is 52.3 Å². The van der Waals surface area contributed by atoms with Gasteiger partial charge in [0.15, 0.2) is 0 Å². The highest BCUT2D eigenvalue weighted by atomic mass is 35.5. The van der Waals surface area contributed by atoms with Gasteiger partial charge in [0.1, 0.15) is 0 Å². The van der Waals surface area contributed by atoms with Gasteiger partial charge in [0.25, 0.3) is 11.8 Å². The molecule has 2 saturated heterocycles. The molecule has 2 aromatic rings. The number of carbonyl (C=O) groups excluding carboxylic acids is 2. The normalized spacial score (nSPS) is 27.2. The first-order valence-corrected chi connectivity index (χ1v) is 9.45. The van der Waals surface area contributed by atoms with Crippen LogP contribution in [0.2, 0.25) is 5.02 Å². The first kappa shape index (κ1) is 18.5. The summed E-state index contributed by atoms with van der Waals surface area (Å²) in [5.41, 5.74) is 7.54. The van der Waals surface area contributed by atoms with Gasteiger partial charge >= 0.3 is 0 Å². The summed E-state index contributed by atoms with van der Waals surface area (Å²) in [6.07, 6.45) is 3.97. The number of benzene rings is 2. The van der Waals surface area contributed by atoms with Gasteiger partial charge < -0.3 is 10.6 Å². The van der Waals surface area contributed by atoms with Gasteiger partial charge in [0.05, 0.1) is 16.3 Å². The lowest BCUT2D eigenvalue weighted by molar-refractivity contribution is 0.0397. The lowest BCUT2D eigenvalue weighted by atomic mass is 9.89. The molecule has 5 nitrogen and oxygen atoms in total. The maximum atomic E-state index is 13.3. The second-order valence-electron chi connectivity index (χ2n) is 7.70.